The number of H-pyrrole nitrogens is 1. The largest absolute Gasteiger partial charge is 0.480 e. The smallest absolute Gasteiger partial charge is 0.326 e. The number of imidazole rings is 1. The molecule has 0 aliphatic carbocycles. The summed E-state index contributed by atoms with van der Waals surface area (Å²) in [6.07, 6.45) is 1.48. The number of carboxylic acids is 1. The van der Waals surface area contributed by atoms with Crippen LogP contribution < -0.4 is 5.69 Å². The maximum Gasteiger partial charge on any atom is 0.326 e. The zero-order valence-electron chi connectivity index (χ0n) is 6.00. The standard InChI is InChI=1S/C6H8N2O3/c1-4-2-7-6(11)8(4)3-5(9)10/h2H,3H2,1H3,(H,7,11)(H,9,10). The summed E-state index contributed by atoms with van der Waals surface area (Å²) < 4.78 is 1.16. The molecule has 0 aliphatic heterocycles. The summed E-state index contributed by atoms with van der Waals surface area (Å²) in [6.45, 7) is 1.38. The molecule has 0 radical (unpaired) electrons. The number of rotatable bonds is 2. The van der Waals surface area contributed by atoms with Gasteiger partial charge in [0.05, 0.1) is 0 Å². The van der Waals surface area contributed by atoms with E-state index in [2.05, 4.69) is 4.98 Å². The van der Waals surface area contributed by atoms with Crippen molar-refractivity contribution in [1.29, 1.82) is 0 Å². The van der Waals surface area contributed by atoms with Crippen molar-refractivity contribution in [3.63, 3.8) is 0 Å². The molecule has 0 unspecified atom stereocenters. The van der Waals surface area contributed by atoms with Gasteiger partial charge in [0.15, 0.2) is 0 Å². The molecule has 0 amide bonds. The van der Waals surface area contributed by atoms with Gasteiger partial charge < -0.3 is 10.1 Å². The molecule has 0 aliphatic rings. The van der Waals surface area contributed by atoms with Gasteiger partial charge in [0.2, 0.25) is 0 Å². The molecule has 2 N–H and O–H groups in total. The lowest BCUT2D eigenvalue weighted by Crippen LogP contribution is -2.22. The first-order valence-corrected chi connectivity index (χ1v) is 3.08. The van der Waals surface area contributed by atoms with Gasteiger partial charge in [-0.2, -0.15) is 0 Å². The minimum atomic E-state index is -1.02. The van der Waals surface area contributed by atoms with E-state index in [1.807, 2.05) is 0 Å². The molecule has 1 aromatic heterocycles. The third kappa shape index (κ3) is 1.49. The summed E-state index contributed by atoms with van der Waals surface area (Å²) >= 11 is 0. The molecule has 5 heteroatoms. The second-order valence-electron chi connectivity index (χ2n) is 2.22. The van der Waals surface area contributed by atoms with Crippen molar-refractivity contribution in [3.05, 3.63) is 22.4 Å². The fourth-order valence-corrected chi connectivity index (χ4v) is 0.814. The lowest BCUT2D eigenvalue weighted by atomic mass is 10.5. The van der Waals surface area contributed by atoms with Gasteiger partial charge in [-0.25, -0.2) is 4.79 Å². The number of aryl methyl sites for hydroxylation is 1. The summed E-state index contributed by atoms with van der Waals surface area (Å²) in [5.74, 6) is -1.02. The Kier molecular flexibility index (Phi) is 1.80. The Morgan fingerprint density at radius 2 is 2.45 bits per heavy atom. The molecular weight excluding hydrogens is 148 g/mol. The van der Waals surface area contributed by atoms with Gasteiger partial charge in [-0.1, -0.05) is 0 Å². The van der Waals surface area contributed by atoms with Gasteiger partial charge in [0, 0.05) is 11.9 Å². The van der Waals surface area contributed by atoms with Crippen LogP contribution in [-0.2, 0) is 11.3 Å². The van der Waals surface area contributed by atoms with Crippen molar-refractivity contribution in [3.8, 4) is 0 Å². The van der Waals surface area contributed by atoms with Crippen LogP contribution in [0, 0.1) is 6.92 Å². The number of hydrogen-bond donors (Lipinski definition) is 2. The average Bonchev–Trinajstić information content (AvgIpc) is 2.18. The first-order chi connectivity index (χ1) is 5.11. The molecule has 0 spiro atoms. The molecule has 1 heterocycles. The monoisotopic (exact) mass is 156 g/mol. The Labute approximate surface area is 62.3 Å². The zero-order chi connectivity index (χ0) is 8.43. The summed E-state index contributed by atoms with van der Waals surface area (Å²) in [4.78, 5) is 23.4. The topological polar surface area (TPSA) is 75.1 Å². The third-order valence-electron chi connectivity index (χ3n) is 1.37. The quantitative estimate of drug-likeness (QED) is 0.610. The molecule has 0 aromatic carbocycles. The van der Waals surface area contributed by atoms with Gasteiger partial charge in [-0.3, -0.25) is 9.36 Å². The molecule has 1 aromatic rings. The third-order valence-corrected chi connectivity index (χ3v) is 1.37. The van der Waals surface area contributed by atoms with E-state index in [9.17, 15) is 9.59 Å². The van der Waals surface area contributed by atoms with Gasteiger partial charge in [0.1, 0.15) is 6.54 Å². The second kappa shape index (κ2) is 2.61. The molecule has 60 valence electrons. The van der Waals surface area contributed by atoms with Crippen molar-refractivity contribution < 1.29 is 9.90 Å². The van der Waals surface area contributed by atoms with E-state index >= 15 is 0 Å². The summed E-state index contributed by atoms with van der Waals surface area (Å²) in [5, 5.41) is 8.36. The van der Waals surface area contributed by atoms with E-state index in [0.717, 1.165) is 4.57 Å². The fraction of sp³-hybridized carbons (Fsp3) is 0.333. The Bertz CT molecular complexity index is 323. The molecule has 0 atom stereocenters. The highest BCUT2D eigenvalue weighted by atomic mass is 16.4. The number of aromatic nitrogens is 2. The Morgan fingerprint density at radius 3 is 2.82 bits per heavy atom. The van der Waals surface area contributed by atoms with Crippen LogP contribution in [0.1, 0.15) is 5.69 Å². The number of carbonyl (C=O) groups is 1. The zero-order valence-corrected chi connectivity index (χ0v) is 6.00. The lowest BCUT2D eigenvalue weighted by Gasteiger charge is -1.96. The average molecular weight is 156 g/mol. The van der Waals surface area contributed by atoms with E-state index in [1.54, 1.807) is 6.92 Å². The number of aliphatic carboxylic acids is 1. The highest BCUT2D eigenvalue weighted by Gasteiger charge is 2.04. The Hall–Kier alpha value is -1.52. The van der Waals surface area contributed by atoms with Gasteiger partial charge >= 0.3 is 11.7 Å². The molecule has 5 nitrogen and oxygen atoms in total. The first kappa shape index (κ1) is 7.59. The number of nitrogens with one attached hydrogen (secondary N) is 1. The van der Waals surface area contributed by atoms with E-state index < -0.39 is 5.97 Å². The fourth-order valence-electron chi connectivity index (χ4n) is 0.814. The SMILES string of the molecule is Cc1c[nH]c(=O)n1CC(=O)O. The van der Waals surface area contributed by atoms with Crippen LogP contribution in [0.5, 0.6) is 0 Å². The minimum absolute atomic E-state index is 0.284. The lowest BCUT2D eigenvalue weighted by molar-refractivity contribution is -0.137. The van der Waals surface area contributed by atoms with Crippen LogP contribution in [0.25, 0.3) is 0 Å². The molecule has 11 heavy (non-hydrogen) atoms. The van der Waals surface area contributed by atoms with Crippen LogP contribution in [0.4, 0.5) is 0 Å². The number of aromatic amines is 1. The Morgan fingerprint density at radius 1 is 1.82 bits per heavy atom. The molecular formula is C6H8N2O3. The highest BCUT2D eigenvalue weighted by Crippen LogP contribution is 1.89. The van der Waals surface area contributed by atoms with E-state index in [-0.39, 0.29) is 12.2 Å². The van der Waals surface area contributed by atoms with E-state index in [1.165, 1.54) is 6.20 Å². The Balaban J connectivity index is 3.01. The van der Waals surface area contributed by atoms with Crippen molar-refractivity contribution in [2.45, 2.75) is 13.5 Å². The van der Waals surface area contributed by atoms with Gasteiger partial charge in [-0.15, -0.1) is 0 Å². The maximum atomic E-state index is 10.8. The van der Waals surface area contributed by atoms with Crippen molar-refractivity contribution in [2.24, 2.45) is 0 Å². The highest BCUT2D eigenvalue weighted by molar-refractivity contribution is 5.66. The van der Waals surface area contributed by atoms with Crippen LogP contribution in [0.2, 0.25) is 0 Å². The summed E-state index contributed by atoms with van der Waals surface area (Å²) in [7, 11) is 0. The predicted molar refractivity (Wildman–Crippen MR) is 37.4 cm³/mol. The summed E-state index contributed by atoms with van der Waals surface area (Å²) in [6, 6.07) is 0. The molecule has 1 rings (SSSR count). The van der Waals surface area contributed by atoms with Crippen LogP contribution >= 0.6 is 0 Å². The molecule has 0 saturated carbocycles. The molecule has 0 fully saturated rings. The van der Waals surface area contributed by atoms with Crippen molar-refractivity contribution in [1.82, 2.24) is 9.55 Å². The molecule has 0 bridgehead atoms. The van der Waals surface area contributed by atoms with Crippen LogP contribution in [0.3, 0.4) is 0 Å². The van der Waals surface area contributed by atoms with E-state index in [0.29, 0.717) is 5.69 Å². The normalized spacial score (nSPS) is 9.91. The maximum absolute atomic E-state index is 10.8. The first-order valence-electron chi connectivity index (χ1n) is 3.08. The second-order valence-corrected chi connectivity index (χ2v) is 2.22. The van der Waals surface area contributed by atoms with Gasteiger partial charge in [-0.05, 0) is 6.92 Å². The minimum Gasteiger partial charge on any atom is -0.480 e. The van der Waals surface area contributed by atoms with Gasteiger partial charge in [0.25, 0.3) is 0 Å². The summed E-state index contributed by atoms with van der Waals surface area (Å²) in [5.41, 5.74) is 0.238. The van der Waals surface area contributed by atoms with Crippen molar-refractivity contribution >= 4 is 5.97 Å². The predicted octanol–water partition coefficient (Wildman–Crippen LogP) is -0.431. The molecule has 0 saturated heterocycles. The van der Waals surface area contributed by atoms with Crippen LogP contribution in [-0.4, -0.2) is 20.6 Å². The van der Waals surface area contributed by atoms with Crippen LogP contribution in [0.15, 0.2) is 11.0 Å². The van der Waals surface area contributed by atoms with E-state index in [4.69, 9.17) is 5.11 Å². The number of hydrogen-bond acceptors (Lipinski definition) is 2. The van der Waals surface area contributed by atoms with Crippen molar-refractivity contribution in [2.75, 3.05) is 0 Å². The number of nitrogens with zero attached hydrogens (tertiary/aromatic N) is 1. The number of carboxylic acid groups (broad SMARTS) is 1.